The molecule has 2 aromatic rings. The Morgan fingerprint density at radius 1 is 1.17 bits per heavy atom. The van der Waals surface area contributed by atoms with Gasteiger partial charge in [-0.15, -0.1) is 0 Å². The van der Waals surface area contributed by atoms with E-state index in [0.717, 1.165) is 12.1 Å². The molecule has 0 fully saturated rings. The number of hydrogen-bond donors (Lipinski definition) is 2. The molecule has 0 aliphatic heterocycles. The van der Waals surface area contributed by atoms with Gasteiger partial charge in [-0.05, 0) is 24.2 Å². The largest absolute Gasteiger partial charge is 0.351 e. The number of carbonyl (C=O) groups is 1. The molecule has 0 saturated carbocycles. The number of benzene rings is 1. The first-order chi connectivity index (χ1) is 11.1. The standard InChI is InChI=1S/C17H20ClN3O2/c1-2-19-9-10-20-17(23)14-7-8-16(22)21(12-14)11-13-5-3-4-6-15(13)18/h3-8,12,19H,2,9-11H2,1H3,(H,20,23). The summed E-state index contributed by atoms with van der Waals surface area (Å²) in [6.07, 6.45) is 1.56. The fourth-order valence-electron chi connectivity index (χ4n) is 2.14. The number of amides is 1. The number of likely N-dealkylation sites (N-methyl/N-ethyl adjacent to an activating group) is 1. The lowest BCUT2D eigenvalue weighted by Crippen LogP contribution is -2.32. The zero-order chi connectivity index (χ0) is 16.7. The lowest BCUT2D eigenvalue weighted by Gasteiger charge is -2.10. The third kappa shape index (κ3) is 4.94. The summed E-state index contributed by atoms with van der Waals surface area (Å²) < 4.78 is 1.49. The Labute approximate surface area is 140 Å². The second-order valence-electron chi connectivity index (χ2n) is 5.08. The van der Waals surface area contributed by atoms with E-state index in [2.05, 4.69) is 10.6 Å². The van der Waals surface area contributed by atoms with Gasteiger partial charge in [0, 0.05) is 30.4 Å². The van der Waals surface area contributed by atoms with Gasteiger partial charge in [0.2, 0.25) is 0 Å². The smallest absolute Gasteiger partial charge is 0.252 e. The number of pyridine rings is 1. The first-order valence-electron chi connectivity index (χ1n) is 7.54. The molecule has 2 N–H and O–H groups in total. The van der Waals surface area contributed by atoms with Crippen molar-refractivity contribution in [1.82, 2.24) is 15.2 Å². The minimum absolute atomic E-state index is 0.172. The van der Waals surface area contributed by atoms with E-state index in [9.17, 15) is 9.59 Å². The maximum atomic E-state index is 12.1. The Hall–Kier alpha value is -2.11. The average Bonchev–Trinajstić information content (AvgIpc) is 2.55. The van der Waals surface area contributed by atoms with Crippen LogP contribution in [-0.4, -0.2) is 30.1 Å². The van der Waals surface area contributed by atoms with Crippen molar-refractivity contribution >= 4 is 17.5 Å². The van der Waals surface area contributed by atoms with E-state index in [-0.39, 0.29) is 11.5 Å². The predicted octanol–water partition coefficient (Wildman–Crippen LogP) is 1.89. The molecule has 0 aliphatic carbocycles. The van der Waals surface area contributed by atoms with E-state index >= 15 is 0 Å². The van der Waals surface area contributed by atoms with Crippen LogP contribution in [0.2, 0.25) is 5.02 Å². The number of nitrogens with zero attached hydrogens (tertiary/aromatic N) is 1. The van der Waals surface area contributed by atoms with E-state index in [0.29, 0.717) is 30.2 Å². The molecule has 23 heavy (non-hydrogen) atoms. The summed E-state index contributed by atoms with van der Waals surface area (Å²) in [5.74, 6) is -0.198. The highest BCUT2D eigenvalue weighted by Gasteiger charge is 2.08. The van der Waals surface area contributed by atoms with E-state index in [1.807, 2.05) is 25.1 Å². The summed E-state index contributed by atoms with van der Waals surface area (Å²) in [6.45, 7) is 4.44. The number of aromatic nitrogens is 1. The molecule has 6 heteroatoms. The van der Waals surface area contributed by atoms with Crippen LogP contribution in [0.4, 0.5) is 0 Å². The Morgan fingerprint density at radius 3 is 2.70 bits per heavy atom. The topological polar surface area (TPSA) is 63.1 Å². The van der Waals surface area contributed by atoms with Gasteiger partial charge in [0.1, 0.15) is 0 Å². The van der Waals surface area contributed by atoms with Gasteiger partial charge >= 0.3 is 0 Å². The predicted molar refractivity (Wildman–Crippen MR) is 92.1 cm³/mol. The van der Waals surface area contributed by atoms with Crippen molar-refractivity contribution in [3.8, 4) is 0 Å². The molecule has 122 valence electrons. The van der Waals surface area contributed by atoms with Gasteiger partial charge in [0.15, 0.2) is 0 Å². The minimum Gasteiger partial charge on any atom is -0.351 e. The molecule has 2 rings (SSSR count). The molecule has 1 aromatic carbocycles. The molecule has 0 aliphatic rings. The van der Waals surface area contributed by atoms with E-state index < -0.39 is 0 Å². The van der Waals surface area contributed by atoms with Crippen LogP contribution in [0.25, 0.3) is 0 Å². The highest BCUT2D eigenvalue weighted by Crippen LogP contribution is 2.15. The molecule has 0 radical (unpaired) electrons. The summed E-state index contributed by atoms with van der Waals surface area (Å²) in [5, 5.41) is 6.54. The Morgan fingerprint density at radius 2 is 1.96 bits per heavy atom. The van der Waals surface area contributed by atoms with Crippen LogP contribution in [0.1, 0.15) is 22.8 Å². The second-order valence-corrected chi connectivity index (χ2v) is 5.49. The summed E-state index contributed by atoms with van der Waals surface area (Å²) in [7, 11) is 0. The van der Waals surface area contributed by atoms with Crippen LogP contribution >= 0.6 is 11.6 Å². The highest BCUT2D eigenvalue weighted by molar-refractivity contribution is 6.31. The van der Waals surface area contributed by atoms with Crippen LogP contribution in [0.3, 0.4) is 0 Å². The van der Waals surface area contributed by atoms with E-state index in [4.69, 9.17) is 11.6 Å². The van der Waals surface area contributed by atoms with Crippen molar-refractivity contribution in [2.24, 2.45) is 0 Å². The number of carbonyl (C=O) groups excluding carboxylic acids is 1. The van der Waals surface area contributed by atoms with Crippen molar-refractivity contribution < 1.29 is 4.79 Å². The maximum absolute atomic E-state index is 12.1. The Bertz CT molecular complexity index is 728. The fourth-order valence-corrected chi connectivity index (χ4v) is 2.34. The summed E-state index contributed by atoms with van der Waals surface area (Å²) in [5.41, 5.74) is 1.11. The van der Waals surface area contributed by atoms with Gasteiger partial charge in [-0.25, -0.2) is 0 Å². The van der Waals surface area contributed by atoms with Crippen LogP contribution < -0.4 is 16.2 Å². The van der Waals surface area contributed by atoms with Gasteiger partial charge in [-0.2, -0.15) is 0 Å². The van der Waals surface area contributed by atoms with Crippen molar-refractivity contribution in [3.05, 3.63) is 69.1 Å². The van der Waals surface area contributed by atoms with Gasteiger partial charge in [-0.3, -0.25) is 9.59 Å². The van der Waals surface area contributed by atoms with Crippen molar-refractivity contribution in [2.75, 3.05) is 19.6 Å². The molecule has 0 saturated heterocycles. The second kappa shape index (κ2) is 8.50. The average molecular weight is 334 g/mol. The van der Waals surface area contributed by atoms with Crippen molar-refractivity contribution in [1.29, 1.82) is 0 Å². The first-order valence-corrected chi connectivity index (χ1v) is 7.92. The molecule has 1 heterocycles. The van der Waals surface area contributed by atoms with Gasteiger partial charge in [0.25, 0.3) is 11.5 Å². The normalized spacial score (nSPS) is 10.5. The van der Waals surface area contributed by atoms with Gasteiger partial charge in [0.05, 0.1) is 12.1 Å². The zero-order valence-corrected chi connectivity index (χ0v) is 13.8. The number of nitrogens with one attached hydrogen (secondary N) is 2. The monoisotopic (exact) mass is 333 g/mol. The summed E-state index contributed by atoms with van der Waals surface area (Å²) in [6, 6.07) is 10.3. The molecular weight excluding hydrogens is 314 g/mol. The van der Waals surface area contributed by atoms with Gasteiger partial charge in [-0.1, -0.05) is 36.7 Å². The van der Waals surface area contributed by atoms with E-state index in [1.54, 1.807) is 12.3 Å². The SMILES string of the molecule is CCNCCNC(=O)c1ccc(=O)n(Cc2ccccc2Cl)c1. The maximum Gasteiger partial charge on any atom is 0.252 e. The third-order valence-corrected chi connectivity index (χ3v) is 3.75. The quantitative estimate of drug-likeness (QED) is 0.761. The van der Waals surface area contributed by atoms with Crippen molar-refractivity contribution in [2.45, 2.75) is 13.5 Å². The molecule has 0 spiro atoms. The first kappa shape index (κ1) is 17.2. The van der Waals surface area contributed by atoms with Crippen LogP contribution in [0, 0.1) is 0 Å². The fraction of sp³-hybridized carbons (Fsp3) is 0.294. The molecule has 0 atom stereocenters. The lowest BCUT2D eigenvalue weighted by molar-refractivity contribution is 0.0953. The molecule has 1 amide bonds. The summed E-state index contributed by atoms with van der Waals surface area (Å²) >= 11 is 6.13. The minimum atomic E-state index is -0.198. The molecule has 0 unspecified atom stereocenters. The van der Waals surface area contributed by atoms with Crippen LogP contribution in [0.5, 0.6) is 0 Å². The van der Waals surface area contributed by atoms with Gasteiger partial charge < -0.3 is 15.2 Å². The third-order valence-electron chi connectivity index (χ3n) is 3.38. The molecule has 5 nitrogen and oxygen atoms in total. The molecule has 1 aromatic heterocycles. The van der Waals surface area contributed by atoms with Crippen LogP contribution in [0.15, 0.2) is 47.4 Å². The molecular formula is C17H20ClN3O2. The Kier molecular flexibility index (Phi) is 6.38. The summed E-state index contributed by atoms with van der Waals surface area (Å²) in [4.78, 5) is 24.1. The lowest BCUT2D eigenvalue weighted by atomic mass is 10.2. The zero-order valence-electron chi connectivity index (χ0n) is 13.0. The number of rotatable bonds is 7. The number of halogens is 1. The Balaban J connectivity index is 2.11. The van der Waals surface area contributed by atoms with Crippen molar-refractivity contribution in [3.63, 3.8) is 0 Å². The van der Waals surface area contributed by atoms with E-state index in [1.165, 1.54) is 16.7 Å². The van der Waals surface area contributed by atoms with Crippen LogP contribution in [-0.2, 0) is 6.54 Å². The number of hydrogen-bond acceptors (Lipinski definition) is 3. The highest BCUT2D eigenvalue weighted by atomic mass is 35.5. The molecule has 0 bridgehead atoms.